The summed E-state index contributed by atoms with van der Waals surface area (Å²) in [7, 11) is 0. The van der Waals surface area contributed by atoms with Crippen LogP contribution in [0.3, 0.4) is 0 Å². The van der Waals surface area contributed by atoms with Crippen LogP contribution in [0.2, 0.25) is 0 Å². The summed E-state index contributed by atoms with van der Waals surface area (Å²) in [4.78, 5) is 12.3. The van der Waals surface area contributed by atoms with Crippen LogP contribution >= 0.6 is 0 Å². The Balaban J connectivity index is 1.81. The average molecular weight is 297 g/mol. The molecule has 0 aliphatic heterocycles. The third-order valence-corrected chi connectivity index (χ3v) is 3.49. The van der Waals surface area contributed by atoms with Gasteiger partial charge in [0, 0.05) is 27.9 Å². The van der Waals surface area contributed by atoms with Crippen LogP contribution in [0.25, 0.3) is 0 Å². The molecule has 0 atom stereocenters. The Labute approximate surface area is 135 Å². The second kappa shape index (κ2) is 6.64. The number of hydrogen-bond donors (Lipinski definition) is 1. The fourth-order valence-electron chi connectivity index (χ4n) is 2.21. The summed E-state index contributed by atoms with van der Waals surface area (Å²) in [5, 5.41) is 0. The molecule has 2 heteroatoms. The first-order valence-corrected chi connectivity index (χ1v) is 7.30. The molecule has 0 aliphatic carbocycles. The topological polar surface area (TPSA) is 43.1 Å². The number of nitrogens with two attached hydrogens (primary N) is 1. The van der Waals surface area contributed by atoms with Crippen molar-refractivity contribution in [3.05, 3.63) is 101 Å². The number of carbonyl (C=O) groups excluding carboxylic acids is 1. The van der Waals surface area contributed by atoms with Crippen LogP contribution < -0.4 is 5.73 Å². The molecule has 0 saturated heterocycles. The van der Waals surface area contributed by atoms with Crippen molar-refractivity contribution in [2.75, 3.05) is 5.73 Å². The van der Waals surface area contributed by atoms with Crippen LogP contribution in [0.5, 0.6) is 0 Å². The summed E-state index contributed by atoms with van der Waals surface area (Å²) < 4.78 is 0. The predicted octanol–water partition coefficient (Wildman–Crippen LogP) is 3.90. The number of carbonyl (C=O) groups is 1. The van der Waals surface area contributed by atoms with Gasteiger partial charge >= 0.3 is 0 Å². The van der Waals surface area contributed by atoms with Gasteiger partial charge in [-0.15, -0.1) is 0 Å². The highest BCUT2D eigenvalue weighted by molar-refractivity contribution is 6.08. The summed E-state index contributed by atoms with van der Waals surface area (Å²) in [6.45, 7) is 0. The molecule has 3 aromatic rings. The Morgan fingerprint density at radius 3 is 2.00 bits per heavy atom. The molecular weight excluding hydrogens is 282 g/mol. The third kappa shape index (κ3) is 3.48. The van der Waals surface area contributed by atoms with Gasteiger partial charge in [-0.25, -0.2) is 0 Å². The Morgan fingerprint density at radius 2 is 1.30 bits per heavy atom. The van der Waals surface area contributed by atoms with Crippen LogP contribution in [0, 0.1) is 11.8 Å². The zero-order chi connectivity index (χ0) is 16.1. The molecule has 2 nitrogen and oxygen atoms in total. The first-order valence-electron chi connectivity index (χ1n) is 7.30. The van der Waals surface area contributed by atoms with Gasteiger partial charge in [-0.3, -0.25) is 4.79 Å². The summed E-state index contributed by atoms with van der Waals surface area (Å²) in [6.07, 6.45) is 0. The van der Waals surface area contributed by atoms with Gasteiger partial charge in [-0.1, -0.05) is 54.3 Å². The molecule has 0 fully saturated rings. The van der Waals surface area contributed by atoms with E-state index in [9.17, 15) is 4.79 Å². The molecule has 0 unspecified atom stereocenters. The Hall–Kier alpha value is -3.31. The van der Waals surface area contributed by atoms with Crippen LogP contribution in [-0.4, -0.2) is 5.78 Å². The summed E-state index contributed by atoms with van der Waals surface area (Å²) in [5.74, 6) is 6.13. The second-order valence-electron chi connectivity index (χ2n) is 5.11. The molecule has 0 aromatic heterocycles. The minimum atomic E-state index is 0.0115. The number of rotatable bonds is 2. The maximum atomic E-state index is 12.3. The molecule has 3 rings (SSSR count). The first kappa shape index (κ1) is 14.6. The highest BCUT2D eigenvalue weighted by Crippen LogP contribution is 2.12. The van der Waals surface area contributed by atoms with Crippen molar-refractivity contribution < 1.29 is 4.79 Å². The van der Waals surface area contributed by atoms with Gasteiger partial charge in [0.15, 0.2) is 5.78 Å². The zero-order valence-electron chi connectivity index (χ0n) is 12.5. The van der Waals surface area contributed by atoms with Crippen LogP contribution in [0.1, 0.15) is 27.0 Å². The molecule has 0 aliphatic rings. The maximum absolute atomic E-state index is 12.3. The Bertz CT molecular complexity index is 884. The average Bonchev–Trinajstić information content (AvgIpc) is 2.62. The van der Waals surface area contributed by atoms with Crippen LogP contribution in [-0.2, 0) is 0 Å². The van der Waals surface area contributed by atoms with E-state index >= 15 is 0 Å². The lowest BCUT2D eigenvalue weighted by Gasteiger charge is -2.01. The summed E-state index contributed by atoms with van der Waals surface area (Å²) >= 11 is 0. The molecule has 0 saturated carbocycles. The van der Waals surface area contributed by atoms with Crippen LogP contribution in [0.4, 0.5) is 5.69 Å². The Kier molecular flexibility index (Phi) is 4.22. The van der Waals surface area contributed by atoms with Crippen LogP contribution in [0.15, 0.2) is 78.9 Å². The lowest BCUT2D eigenvalue weighted by Crippen LogP contribution is -2.00. The largest absolute Gasteiger partial charge is 0.398 e. The van der Waals surface area contributed by atoms with Gasteiger partial charge in [-0.05, 0) is 36.4 Å². The highest BCUT2D eigenvalue weighted by Gasteiger charge is 2.07. The highest BCUT2D eigenvalue weighted by atomic mass is 16.1. The molecule has 0 spiro atoms. The molecule has 0 bridgehead atoms. The van der Waals surface area contributed by atoms with Crippen molar-refractivity contribution in [1.29, 1.82) is 0 Å². The van der Waals surface area contributed by atoms with E-state index in [0.29, 0.717) is 16.8 Å². The minimum Gasteiger partial charge on any atom is -0.398 e. The van der Waals surface area contributed by atoms with Crippen molar-refractivity contribution in [3.63, 3.8) is 0 Å². The van der Waals surface area contributed by atoms with E-state index in [1.807, 2.05) is 66.7 Å². The van der Waals surface area contributed by atoms with Gasteiger partial charge in [-0.2, -0.15) is 0 Å². The van der Waals surface area contributed by atoms with E-state index in [1.165, 1.54) is 0 Å². The quantitative estimate of drug-likeness (QED) is 0.443. The van der Waals surface area contributed by atoms with E-state index in [0.717, 1.165) is 11.1 Å². The number of hydrogen-bond acceptors (Lipinski definition) is 2. The van der Waals surface area contributed by atoms with Gasteiger partial charge in [0.2, 0.25) is 0 Å². The van der Waals surface area contributed by atoms with Gasteiger partial charge in [0.25, 0.3) is 0 Å². The van der Waals surface area contributed by atoms with Crippen molar-refractivity contribution in [2.24, 2.45) is 0 Å². The van der Waals surface area contributed by atoms with E-state index in [1.54, 1.807) is 12.1 Å². The van der Waals surface area contributed by atoms with E-state index in [2.05, 4.69) is 11.8 Å². The van der Waals surface area contributed by atoms with Crippen molar-refractivity contribution >= 4 is 11.5 Å². The molecule has 0 radical (unpaired) electrons. The molecule has 0 heterocycles. The third-order valence-electron chi connectivity index (χ3n) is 3.49. The Morgan fingerprint density at radius 1 is 0.696 bits per heavy atom. The standard InChI is InChI=1S/C21H15NO/c22-20-9-5-4-6-17(20)13-10-16-11-14-19(15-12-16)21(23)18-7-2-1-3-8-18/h1-9,11-12,14-15H,22H2. The van der Waals surface area contributed by atoms with E-state index < -0.39 is 0 Å². The lowest BCUT2D eigenvalue weighted by molar-refractivity contribution is 0.103. The van der Waals surface area contributed by atoms with Gasteiger partial charge < -0.3 is 5.73 Å². The second-order valence-corrected chi connectivity index (χ2v) is 5.11. The SMILES string of the molecule is Nc1ccccc1C#Cc1ccc(C(=O)c2ccccc2)cc1. The molecule has 2 N–H and O–H groups in total. The maximum Gasteiger partial charge on any atom is 0.193 e. The number of nitrogen functional groups attached to an aromatic ring is 1. The van der Waals surface area contributed by atoms with Crippen molar-refractivity contribution in [1.82, 2.24) is 0 Å². The number of benzene rings is 3. The minimum absolute atomic E-state index is 0.0115. The molecule has 110 valence electrons. The lowest BCUT2D eigenvalue weighted by atomic mass is 10.0. The fraction of sp³-hybridized carbons (Fsp3) is 0. The van der Waals surface area contributed by atoms with E-state index in [4.69, 9.17) is 5.73 Å². The molecule has 23 heavy (non-hydrogen) atoms. The van der Waals surface area contributed by atoms with Gasteiger partial charge in [0.05, 0.1) is 0 Å². The monoisotopic (exact) mass is 297 g/mol. The number of anilines is 1. The zero-order valence-corrected chi connectivity index (χ0v) is 12.5. The molecular formula is C21H15NO. The molecule has 0 amide bonds. The fourth-order valence-corrected chi connectivity index (χ4v) is 2.21. The van der Waals surface area contributed by atoms with Crippen molar-refractivity contribution in [3.8, 4) is 11.8 Å². The predicted molar refractivity (Wildman–Crippen MR) is 93.2 cm³/mol. The summed E-state index contributed by atoms with van der Waals surface area (Å²) in [6, 6.07) is 24.0. The number of para-hydroxylation sites is 1. The summed E-state index contributed by atoms with van der Waals surface area (Å²) in [5.41, 5.74) is 9.51. The first-order chi connectivity index (χ1) is 11.2. The normalized spacial score (nSPS) is 9.74. The smallest absolute Gasteiger partial charge is 0.193 e. The van der Waals surface area contributed by atoms with Crippen molar-refractivity contribution in [2.45, 2.75) is 0 Å². The molecule has 3 aromatic carbocycles. The van der Waals surface area contributed by atoms with E-state index in [-0.39, 0.29) is 5.78 Å². The van der Waals surface area contributed by atoms with Gasteiger partial charge in [0.1, 0.15) is 0 Å². The number of ketones is 1.